The third kappa shape index (κ3) is 2.66. The predicted octanol–water partition coefficient (Wildman–Crippen LogP) is 3.58. The minimum absolute atomic E-state index is 0.0606. The molecule has 0 bridgehead atoms. The Balaban J connectivity index is 2.53. The van der Waals surface area contributed by atoms with Gasteiger partial charge in [0, 0.05) is 11.1 Å². The van der Waals surface area contributed by atoms with E-state index in [1.165, 1.54) is 12.1 Å². The van der Waals surface area contributed by atoms with E-state index in [1.54, 1.807) is 30.3 Å². The molecule has 0 heterocycles. The summed E-state index contributed by atoms with van der Waals surface area (Å²) in [6, 6.07) is 11.4. The summed E-state index contributed by atoms with van der Waals surface area (Å²) in [6.45, 7) is 1.91. The Morgan fingerprint density at radius 1 is 1.05 bits per heavy atom. The lowest BCUT2D eigenvalue weighted by molar-refractivity contribution is 0.0693. The Kier molecular flexibility index (Phi) is 3.67. The van der Waals surface area contributed by atoms with Crippen LogP contribution in [0.4, 0.5) is 0 Å². The second kappa shape index (κ2) is 5.24. The van der Waals surface area contributed by atoms with Crippen molar-refractivity contribution in [3.63, 3.8) is 0 Å². The van der Waals surface area contributed by atoms with E-state index in [0.717, 1.165) is 5.56 Å². The van der Waals surface area contributed by atoms with Gasteiger partial charge in [0.2, 0.25) is 0 Å². The van der Waals surface area contributed by atoms with E-state index in [2.05, 4.69) is 0 Å². The first-order valence-electron chi connectivity index (χ1n) is 5.64. The second-order valence-electron chi connectivity index (χ2n) is 4.16. The van der Waals surface area contributed by atoms with Gasteiger partial charge in [0.25, 0.3) is 0 Å². The molecule has 0 saturated carbocycles. The number of aryl methyl sites for hydroxylation is 1. The average Bonchev–Trinajstić information content (AvgIpc) is 2.38. The van der Waals surface area contributed by atoms with Crippen LogP contribution in [0.1, 0.15) is 31.8 Å². The molecular weight excluding hydrogens is 264 g/mol. The van der Waals surface area contributed by atoms with Crippen LogP contribution >= 0.6 is 11.6 Å². The number of carboxylic acid groups (broad SMARTS) is 1. The van der Waals surface area contributed by atoms with Crippen LogP contribution < -0.4 is 0 Å². The monoisotopic (exact) mass is 274 g/mol. The zero-order valence-electron chi connectivity index (χ0n) is 10.2. The molecule has 0 amide bonds. The molecule has 0 unspecified atom stereocenters. The van der Waals surface area contributed by atoms with Gasteiger partial charge in [-0.25, -0.2) is 4.79 Å². The van der Waals surface area contributed by atoms with E-state index in [9.17, 15) is 9.59 Å². The lowest BCUT2D eigenvalue weighted by Crippen LogP contribution is -2.10. The van der Waals surface area contributed by atoms with Gasteiger partial charge in [-0.1, -0.05) is 53.6 Å². The molecule has 1 N–H and O–H groups in total. The Morgan fingerprint density at radius 2 is 1.68 bits per heavy atom. The number of benzene rings is 2. The fourth-order valence-electron chi connectivity index (χ4n) is 1.79. The van der Waals surface area contributed by atoms with Gasteiger partial charge in [0.1, 0.15) is 0 Å². The third-order valence-corrected chi connectivity index (χ3v) is 3.10. The van der Waals surface area contributed by atoms with E-state index in [0.29, 0.717) is 5.56 Å². The van der Waals surface area contributed by atoms with Crippen LogP contribution in [-0.2, 0) is 0 Å². The number of carboxylic acids is 1. The zero-order valence-corrected chi connectivity index (χ0v) is 10.9. The van der Waals surface area contributed by atoms with Gasteiger partial charge in [-0.2, -0.15) is 0 Å². The van der Waals surface area contributed by atoms with Gasteiger partial charge in [0.05, 0.1) is 10.6 Å². The summed E-state index contributed by atoms with van der Waals surface area (Å²) in [6.07, 6.45) is 0. The Hall–Kier alpha value is -2.13. The molecule has 2 rings (SSSR count). The van der Waals surface area contributed by atoms with Crippen molar-refractivity contribution in [1.29, 1.82) is 0 Å². The van der Waals surface area contributed by atoms with Crippen LogP contribution in [0.5, 0.6) is 0 Å². The molecule has 0 fully saturated rings. The molecule has 0 aliphatic heterocycles. The molecule has 0 spiro atoms. The maximum atomic E-state index is 12.3. The van der Waals surface area contributed by atoms with Gasteiger partial charge in [-0.15, -0.1) is 0 Å². The van der Waals surface area contributed by atoms with E-state index >= 15 is 0 Å². The molecular formula is C15H11ClO3. The first-order valence-corrected chi connectivity index (χ1v) is 6.01. The maximum absolute atomic E-state index is 12.3. The van der Waals surface area contributed by atoms with E-state index in [-0.39, 0.29) is 21.9 Å². The summed E-state index contributed by atoms with van der Waals surface area (Å²) < 4.78 is 0. The largest absolute Gasteiger partial charge is 0.478 e. The van der Waals surface area contributed by atoms with Crippen molar-refractivity contribution >= 4 is 23.4 Å². The summed E-state index contributed by atoms with van der Waals surface area (Å²) in [5.41, 5.74) is 1.41. The molecule has 2 aromatic carbocycles. The van der Waals surface area contributed by atoms with Crippen molar-refractivity contribution in [1.82, 2.24) is 0 Å². The van der Waals surface area contributed by atoms with Crippen molar-refractivity contribution < 1.29 is 14.7 Å². The van der Waals surface area contributed by atoms with Crippen molar-refractivity contribution in [3.05, 3.63) is 69.7 Å². The van der Waals surface area contributed by atoms with Crippen LogP contribution in [-0.4, -0.2) is 16.9 Å². The van der Waals surface area contributed by atoms with E-state index < -0.39 is 5.97 Å². The Bertz CT molecular complexity index is 645. The van der Waals surface area contributed by atoms with Crippen LogP contribution in [0.25, 0.3) is 0 Å². The van der Waals surface area contributed by atoms with Crippen molar-refractivity contribution in [2.75, 3.05) is 0 Å². The highest BCUT2D eigenvalue weighted by Crippen LogP contribution is 2.22. The molecule has 96 valence electrons. The van der Waals surface area contributed by atoms with Gasteiger partial charge < -0.3 is 5.11 Å². The number of rotatable bonds is 3. The summed E-state index contributed by atoms with van der Waals surface area (Å²) >= 11 is 5.85. The molecule has 0 aromatic heterocycles. The molecule has 0 radical (unpaired) electrons. The topological polar surface area (TPSA) is 54.4 Å². The SMILES string of the molecule is Cc1ccc(C(=O)c2cccc(Cl)c2C(=O)O)cc1. The van der Waals surface area contributed by atoms with Gasteiger partial charge in [-0.05, 0) is 13.0 Å². The average molecular weight is 275 g/mol. The number of ketones is 1. The normalized spacial score (nSPS) is 10.2. The minimum Gasteiger partial charge on any atom is -0.478 e. The van der Waals surface area contributed by atoms with Gasteiger partial charge in [-0.3, -0.25) is 4.79 Å². The molecule has 2 aromatic rings. The highest BCUT2D eigenvalue weighted by molar-refractivity contribution is 6.34. The fourth-order valence-corrected chi connectivity index (χ4v) is 2.05. The standard InChI is InChI=1S/C15H11ClO3/c1-9-5-7-10(8-6-9)14(17)11-3-2-4-12(16)13(11)15(18)19/h2-8H,1H3,(H,18,19). The fraction of sp³-hybridized carbons (Fsp3) is 0.0667. The first-order chi connectivity index (χ1) is 9.00. The molecule has 0 aliphatic rings. The maximum Gasteiger partial charge on any atom is 0.337 e. The number of carbonyl (C=O) groups excluding carboxylic acids is 1. The number of hydrogen-bond acceptors (Lipinski definition) is 2. The highest BCUT2D eigenvalue weighted by atomic mass is 35.5. The van der Waals surface area contributed by atoms with Crippen LogP contribution in [0.15, 0.2) is 42.5 Å². The first kappa shape index (κ1) is 13.3. The summed E-state index contributed by atoms with van der Waals surface area (Å²) in [5, 5.41) is 9.21. The smallest absolute Gasteiger partial charge is 0.337 e. The van der Waals surface area contributed by atoms with Crippen LogP contribution in [0.3, 0.4) is 0 Å². The third-order valence-electron chi connectivity index (χ3n) is 2.79. The van der Waals surface area contributed by atoms with Gasteiger partial charge >= 0.3 is 5.97 Å². The second-order valence-corrected chi connectivity index (χ2v) is 4.57. The number of carbonyl (C=O) groups is 2. The summed E-state index contributed by atoms with van der Waals surface area (Å²) in [5.74, 6) is -1.55. The highest BCUT2D eigenvalue weighted by Gasteiger charge is 2.20. The predicted molar refractivity (Wildman–Crippen MR) is 73.0 cm³/mol. The van der Waals surface area contributed by atoms with E-state index in [1.807, 2.05) is 6.92 Å². The lowest BCUT2D eigenvalue weighted by atomic mass is 9.98. The van der Waals surface area contributed by atoms with Crippen LogP contribution in [0.2, 0.25) is 5.02 Å². The number of hydrogen-bond donors (Lipinski definition) is 1. The molecule has 3 nitrogen and oxygen atoms in total. The number of halogens is 1. The molecule has 0 atom stereocenters. The molecule has 0 saturated heterocycles. The van der Waals surface area contributed by atoms with Crippen molar-refractivity contribution in [3.8, 4) is 0 Å². The number of aromatic carboxylic acids is 1. The minimum atomic E-state index is -1.21. The molecule has 0 aliphatic carbocycles. The summed E-state index contributed by atoms with van der Waals surface area (Å²) in [4.78, 5) is 23.5. The van der Waals surface area contributed by atoms with Crippen molar-refractivity contribution in [2.45, 2.75) is 6.92 Å². The quantitative estimate of drug-likeness (QED) is 0.871. The molecule has 4 heteroatoms. The lowest BCUT2D eigenvalue weighted by Gasteiger charge is -2.07. The molecule has 19 heavy (non-hydrogen) atoms. The van der Waals surface area contributed by atoms with Gasteiger partial charge in [0.15, 0.2) is 5.78 Å². The van der Waals surface area contributed by atoms with Crippen LogP contribution in [0, 0.1) is 6.92 Å². The zero-order chi connectivity index (χ0) is 14.0. The Labute approximate surface area is 115 Å². The Morgan fingerprint density at radius 3 is 2.26 bits per heavy atom. The van der Waals surface area contributed by atoms with Crippen molar-refractivity contribution in [2.24, 2.45) is 0 Å². The summed E-state index contributed by atoms with van der Waals surface area (Å²) in [7, 11) is 0. The van der Waals surface area contributed by atoms with E-state index in [4.69, 9.17) is 16.7 Å².